The van der Waals surface area contributed by atoms with Crippen molar-refractivity contribution in [1.29, 1.82) is 0 Å². The second-order valence-corrected chi connectivity index (χ2v) is 9.18. The van der Waals surface area contributed by atoms with Crippen molar-refractivity contribution in [2.24, 2.45) is 5.10 Å². The van der Waals surface area contributed by atoms with Gasteiger partial charge in [-0.2, -0.15) is 17.9 Å². The van der Waals surface area contributed by atoms with Crippen LogP contribution in [0.5, 0.6) is 0 Å². The van der Waals surface area contributed by atoms with Crippen LogP contribution in [0.4, 0.5) is 5.69 Å². The number of nitrogens with zero attached hydrogens (tertiary/aromatic N) is 3. The number of benzene rings is 2. The Kier molecular flexibility index (Phi) is 5.33. The van der Waals surface area contributed by atoms with Crippen LogP contribution in [0, 0.1) is 3.57 Å². The minimum Gasteiger partial charge on any atom is -0.378 e. The quantitative estimate of drug-likeness (QED) is 0.644. The first-order chi connectivity index (χ1) is 11.9. The third-order valence-corrected chi connectivity index (χ3v) is 6.51. The fourth-order valence-corrected chi connectivity index (χ4v) is 4.33. The predicted molar refractivity (Wildman–Crippen MR) is 110 cm³/mol. The first-order valence-electron chi connectivity index (χ1n) is 8.01. The molecule has 0 atom stereocenters. The lowest BCUT2D eigenvalue weighted by atomic mass is 10.0. The lowest BCUT2D eigenvalue weighted by Gasteiger charge is -2.25. The summed E-state index contributed by atoms with van der Waals surface area (Å²) in [5.74, 6) is 0. The summed E-state index contributed by atoms with van der Waals surface area (Å²) in [5, 5.41) is 4.44. The molecule has 0 amide bonds. The Morgan fingerprint density at radius 1 is 1.04 bits per heavy atom. The fourth-order valence-electron chi connectivity index (χ4n) is 2.67. The van der Waals surface area contributed by atoms with Crippen LogP contribution in [0.15, 0.2) is 58.5 Å². The highest BCUT2D eigenvalue weighted by Crippen LogP contribution is 2.23. The Hall–Kier alpha value is -1.61. The topological polar surface area (TPSA) is 53.0 Å². The molecular formula is C18H20IN3O2S. The van der Waals surface area contributed by atoms with E-state index in [1.165, 1.54) is 4.41 Å². The number of hydrazone groups is 1. The van der Waals surface area contributed by atoms with Crippen molar-refractivity contribution >= 4 is 44.0 Å². The van der Waals surface area contributed by atoms with Gasteiger partial charge < -0.3 is 4.90 Å². The minimum atomic E-state index is -3.61. The third kappa shape index (κ3) is 3.98. The second kappa shape index (κ2) is 7.33. The largest absolute Gasteiger partial charge is 0.378 e. The van der Waals surface area contributed by atoms with Gasteiger partial charge in [0.2, 0.25) is 0 Å². The van der Waals surface area contributed by atoms with E-state index in [2.05, 4.69) is 27.7 Å². The molecule has 0 bridgehead atoms. The molecule has 0 aromatic heterocycles. The van der Waals surface area contributed by atoms with Crippen molar-refractivity contribution in [3.05, 3.63) is 57.7 Å². The summed E-state index contributed by atoms with van der Waals surface area (Å²) >= 11 is 2.16. The van der Waals surface area contributed by atoms with Crippen LogP contribution >= 0.6 is 22.6 Å². The summed E-state index contributed by atoms with van der Waals surface area (Å²) in [5.41, 5.74) is 2.88. The maximum atomic E-state index is 12.8. The number of hydrogen-bond acceptors (Lipinski definition) is 4. The zero-order chi connectivity index (χ0) is 18.0. The summed E-state index contributed by atoms with van der Waals surface area (Å²) < 4.78 is 27.9. The molecular weight excluding hydrogens is 449 g/mol. The molecule has 0 radical (unpaired) electrons. The summed E-state index contributed by atoms with van der Waals surface area (Å²) in [7, 11) is 0.370. The van der Waals surface area contributed by atoms with Crippen LogP contribution in [0.3, 0.4) is 0 Å². The fraction of sp³-hybridized carbons (Fsp3) is 0.278. The summed E-state index contributed by atoms with van der Waals surface area (Å²) in [6.07, 6.45) is 1.54. The molecule has 7 heteroatoms. The molecule has 0 aliphatic carbocycles. The molecule has 2 aromatic carbocycles. The van der Waals surface area contributed by atoms with Gasteiger partial charge in [0.15, 0.2) is 0 Å². The zero-order valence-corrected chi connectivity index (χ0v) is 17.2. The summed E-state index contributed by atoms with van der Waals surface area (Å²) in [4.78, 5) is 2.31. The van der Waals surface area contributed by atoms with Crippen LogP contribution in [-0.4, -0.2) is 39.2 Å². The molecule has 0 saturated heterocycles. The molecule has 2 aromatic rings. The van der Waals surface area contributed by atoms with E-state index >= 15 is 0 Å². The van der Waals surface area contributed by atoms with Crippen molar-refractivity contribution in [2.75, 3.05) is 25.5 Å². The van der Waals surface area contributed by atoms with Gasteiger partial charge in [0.1, 0.15) is 0 Å². The van der Waals surface area contributed by atoms with Gasteiger partial charge in [-0.15, -0.1) is 0 Å². The smallest absolute Gasteiger partial charge is 0.279 e. The van der Waals surface area contributed by atoms with E-state index in [1.807, 2.05) is 43.3 Å². The first kappa shape index (κ1) is 18.2. The van der Waals surface area contributed by atoms with Gasteiger partial charge in [-0.25, -0.2) is 0 Å². The Balaban J connectivity index is 1.90. The van der Waals surface area contributed by atoms with Gasteiger partial charge in [-0.05, 0) is 77.4 Å². The van der Waals surface area contributed by atoms with Crippen LogP contribution in [0.2, 0.25) is 0 Å². The number of hydrogen-bond donors (Lipinski definition) is 0. The molecule has 0 unspecified atom stereocenters. The Morgan fingerprint density at radius 3 is 2.28 bits per heavy atom. The van der Waals surface area contributed by atoms with Crippen LogP contribution < -0.4 is 4.90 Å². The SMILES string of the molecule is CN(C)c1ccc(C2=NN(S(=O)(=O)c3ccc(I)cc3)CCC2)cc1. The minimum absolute atomic E-state index is 0.279. The van der Waals surface area contributed by atoms with E-state index in [-0.39, 0.29) is 4.90 Å². The molecule has 0 saturated carbocycles. The highest BCUT2D eigenvalue weighted by Gasteiger charge is 2.26. The number of anilines is 1. The number of halogens is 1. The van der Waals surface area contributed by atoms with E-state index in [9.17, 15) is 8.42 Å². The standard InChI is InChI=1S/C18H20IN3O2S/c1-21(2)16-9-5-14(6-10-16)18-4-3-13-22(20-18)25(23,24)17-11-7-15(19)8-12-17/h5-12H,3-4,13H2,1-2H3. The van der Waals surface area contributed by atoms with Gasteiger partial charge in [-0.3, -0.25) is 0 Å². The molecule has 3 rings (SSSR count). The Labute approximate surface area is 162 Å². The van der Waals surface area contributed by atoms with Gasteiger partial charge in [0.05, 0.1) is 17.2 Å². The van der Waals surface area contributed by atoms with E-state index < -0.39 is 10.0 Å². The van der Waals surface area contributed by atoms with Crippen LogP contribution in [0.25, 0.3) is 0 Å². The monoisotopic (exact) mass is 469 g/mol. The second-order valence-electron chi connectivity index (χ2n) is 6.10. The van der Waals surface area contributed by atoms with Crippen molar-refractivity contribution in [3.8, 4) is 0 Å². The first-order valence-corrected chi connectivity index (χ1v) is 10.5. The zero-order valence-electron chi connectivity index (χ0n) is 14.2. The van der Waals surface area contributed by atoms with Crippen molar-refractivity contribution < 1.29 is 8.42 Å². The van der Waals surface area contributed by atoms with Gasteiger partial charge in [0, 0.05) is 23.4 Å². The average Bonchev–Trinajstić information content (AvgIpc) is 2.62. The lowest BCUT2D eigenvalue weighted by molar-refractivity contribution is 0.410. The van der Waals surface area contributed by atoms with E-state index in [0.29, 0.717) is 6.54 Å². The third-order valence-electron chi connectivity index (χ3n) is 4.10. The highest BCUT2D eigenvalue weighted by molar-refractivity contribution is 14.1. The van der Waals surface area contributed by atoms with Crippen LogP contribution in [0.1, 0.15) is 18.4 Å². The maximum absolute atomic E-state index is 12.8. The molecule has 1 aliphatic rings. The summed E-state index contributed by atoms with van der Waals surface area (Å²) in [6, 6.07) is 14.9. The van der Waals surface area contributed by atoms with Crippen molar-refractivity contribution in [3.63, 3.8) is 0 Å². The van der Waals surface area contributed by atoms with Crippen molar-refractivity contribution in [1.82, 2.24) is 4.41 Å². The normalized spacial score (nSPS) is 15.0. The van der Waals surface area contributed by atoms with Gasteiger partial charge >= 0.3 is 0 Å². The summed E-state index contributed by atoms with van der Waals surface area (Å²) in [6.45, 7) is 0.410. The molecule has 0 N–H and O–H groups in total. The molecule has 25 heavy (non-hydrogen) atoms. The van der Waals surface area contributed by atoms with Gasteiger partial charge in [0.25, 0.3) is 10.0 Å². The molecule has 1 aliphatic heterocycles. The number of rotatable bonds is 4. The molecule has 0 spiro atoms. The van der Waals surface area contributed by atoms with Gasteiger partial charge in [-0.1, -0.05) is 12.1 Å². The Morgan fingerprint density at radius 2 is 1.68 bits per heavy atom. The number of sulfonamides is 1. The van der Waals surface area contributed by atoms with E-state index in [1.54, 1.807) is 24.3 Å². The molecule has 0 fully saturated rings. The molecule has 1 heterocycles. The molecule has 132 valence electrons. The van der Waals surface area contributed by atoms with E-state index in [4.69, 9.17) is 0 Å². The highest BCUT2D eigenvalue weighted by atomic mass is 127. The van der Waals surface area contributed by atoms with Crippen molar-refractivity contribution in [2.45, 2.75) is 17.7 Å². The lowest BCUT2D eigenvalue weighted by Crippen LogP contribution is -2.32. The maximum Gasteiger partial charge on any atom is 0.279 e. The Bertz CT molecular complexity index is 876. The predicted octanol–water partition coefficient (Wildman–Crippen LogP) is 3.55. The average molecular weight is 469 g/mol. The molecule has 5 nitrogen and oxygen atoms in total. The van der Waals surface area contributed by atoms with E-state index in [0.717, 1.165) is 33.4 Å². The van der Waals surface area contributed by atoms with Crippen LogP contribution in [-0.2, 0) is 10.0 Å².